The Kier molecular flexibility index (Phi) is 4.35. The van der Waals surface area contributed by atoms with Crippen LogP contribution in [0.5, 0.6) is 0 Å². The first-order valence-corrected chi connectivity index (χ1v) is 6.06. The molecule has 0 spiro atoms. The van der Waals surface area contributed by atoms with Crippen LogP contribution in [0.15, 0.2) is 16.7 Å². The third-order valence-electron chi connectivity index (χ3n) is 3.29. The maximum Gasteiger partial charge on any atom is 0.268 e. The van der Waals surface area contributed by atoms with E-state index in [-0.39, 0.29) is 5.91 Å². The highest BCUT2D eigenvalue weighted by molar-refractivity contribution is 5.93. The number of nitrogen functional groups attached to an aromatic ring is 1. The highest BCUT2D eigenvalue weighted by Crippen LogP contribution is 2.17. The Morgan fingerprint density at radius 2 is 2.33 bits per heavy atom. The molecule has 0 unspecified atom stereocenters. The van der Waals surface area contributed by atoms with E-state index in [1.165, 1.54) is 6.26 Å². The summed E-state index contributed by atoms with van der Waals surface area (Å²) in [5.41, 5.74) is 2.54. The quantitative estimate of drug-likeness (QED) is 0.464. The number of nitrogens with zero attached hydrogens (tertiary/aromatic N) is 1. The van der Waals surface area contributed by atoms with Gasteiger partial charge in [-0.05, 0) is 18.9 Å². The van der Waals surface area contributed by atoms with Gasteiger partial charge in [0, 0.05) is 20.2 Å². The molecule has 1 aromatic heterocycles. The number of methoxy groups -OCH3 is 1. The summed E-state index contributed by atoms with van der Waals surface area (Å²) in [6, 6.07) is 1.73. The van der Waals surface area contributed by atoms with Gasteiger partial charge < -0.3 is 9.15 Å². The van der Waals surface area contributed by atoms with Gasteiger partial charge in [-0.2, -0.15) is 0 Å². The normalized spacial score (nSPS) is 17.9. The zero-order valence-corrected chi connectivity index (χ0v) is 10.5. The molecule has 0 aromatic carbocycles. The number of ether oxygens (including phenoxy) is 1. The standard InChI is InChI=1S/C12H19N3O3/c1-17-10-2-4-15(5-3-10)7-11-6-9(8-18-11)12(16)14-13/h6,8,10H,2-5,7,13H2,1H3,(H,14,16). The summed E-state index contributed by atoms with van der Waals surface area (Å²) in [5, 5.41) is 0. The summed E-state index contributed by atoms with van der Waals surface area (Å²) in [7, 11) is 1.75. The summed E-state index contributed by atoms with van der Waals surface area (Å²) >= 11 is 0. The smallest absolute Gasteiger partial charge is 0.268 e. The van der Waals surface area contributed by atoms with E-state index in [0.29, 0.717) is 18.2 Å². The maximum absolute atomic E-state index is 11.3. The van der Waals surface area contributed by atoms with Gasteiger partial charge in [0.2, 0.25) is 0 Å². The molecule has 1 fully saturated rings. The fraction of sp³-hybridized carbons (Fsp3) is 0.583. The average molecular weight is 253 g/mol. The molecule has 1 aliphatic heterocycles. The van der Waals surface area contributed by atoms with E-state index in [0.717, 1.165) is 31.7 Å². The summed E-state index contributed by atoms with van der Waals surface area (Å²) < 4.78 is 10.7. The minimum atomic E-state index is -0.330. The molecule has 6 nitrogen and oxygen atoms in total. The van der Waals surface area contributed by atoms with E-state index in [4.69, 9.17) is 15.0 Å². The molecule has 1 amide bonds. The molecule has 6 heteroatoms. The van der Waals surface area contributed by atoms with Crippen molar-refractivity contribution >= 4 is 5.91 Å². The third-order valence-corrected chi connectivity index (χ3v) is 3.29. The molecule has 1 saturated heterocycles. The lowest BCUT2D eigenvalue weighted by Gasteiger charge is -2.30. The lowest BCUT2D eigenvalue weighted by Crippen LogP contribution is -2.36. The second kappa shape index (κ2) is 5.99. The lowest BCUT2D eigenvalue weighted by atomic mass is 10.1. The molecule has 0 bridgehead atoms. The van der Waals surface area contributed by atoms with Crippen LogP contribution in [0, 0.1) is 0 Å². The summed E-state index contributed by atoms with van der Waals surface area (Å²) in [6.07, 6.45) is 3.87. The molecule has 100 valence electrons. The first-order valence-electron chi connectivity index (χ1n) is 6.06. The van der Waals surface area contributed by atoms with Crippen molar-refractivity contribution in [2.24, 2.45) is 5.84 Å². The SMILES string of the molecule is COC1CCN(Cc2cc(C(=O)NN)co2)CC1. The van der Waals surface area contributed by atoms with Gasteiger partial charge in [0.25, 0.3) is 5.91 Å². The second-order valence-electron chi connectivity index (χ2n) is 4.49. The van der Waals surface area contributed by atoms with Crippen LogP contribution in [-0.2, 0) is 11.3 Å². The number of rotatable bonds is 4. The van der Waals surface area contributed by atoms with Crippen LogP contribution in [0.25, 0.3) is 0 Å². The predicted molar refractivity (Wildman–Crippen MR) is 65.7 cm³/mol. The minimum Gasteiger partial charge on any atom is -0.467 e. The maximum atomic E-state index is 11.3. The van der Waals surface area contributed by atoms with E-state index in [9.17, 15) is 4.79 Å². The molecule has 3 N–H and O–H groups in total. The van der Waals surface area contributed by atoms with Gasteiger partial charge in [-0.3, -0.25) is 15.1 Å². The van der Waals surface area contributed by atoms with Crippen LogP contribution < -0.4 is 11.3 Å². The second-order valence-corrected chi connectivity index (χ2v) is 4.49. The molecule has 0 aliphatic carbocycles. The molecule has 0 atom stereocenters. The van der Waals surface area contributed by atoms with Gasteiger partial charge in [0.1, 0.15) is 12.0 Å². The number of likely N-dealkylation sites (tertiary alicyclic amines) is 1. The van der Waals surface area contributed by atoms with E-state index in [1.54, 1.807) is 13.2 Å². The number of nitrogens with one attached hydrogen (secondary N) is 1. The molecule has 0 radical (unpaired) electrons. The van der Waals surface area contributed by atoms with Crippen LogP contribution in [0.1, 0.15) is 29.0 Å². The molecule has 2 rings (SSSR count). The van der Waals surface area contributed by atoms with Crippen molar-refractivity contribution in [3.63, 3.8) is 0 Å². The Morgan fingerprint density at radius 3 is 2.94 bits per heavy atom. The number of carbonyl (C=O) groups is 1. The lowest BCUT2D eigenvalue weighted by molar-refractivity contribution is 0.0370. The predicted octanol–water partition coefficient (Wildman–Crippen LogP) is 0.494. The molecule has 2 heterocycles. The minimum absolute atomic E-state index is 0.330. The third kappa shape index (κ3) is 3.10. The van der Waals surface area contributed by atoms with Crippen molar-refractivity contribution in [2.75, 3.05) is 20.2 Å². The summed E-state index contributed by atoms with van der Waals surface area (Å²) in [5.74, 6) is 5.51. The number of hydrogen-bond donors (Lipinski definition) is 2. The van der Waals surface area contributed by atoms with Crippen molar-refractivity contribution in [3.8, 4) is 0 Å². The van der Waals surface area contributed by atoms with Crippen molar-refractivity contribution in [1.82, 2.24) is 10.3 Å². The van der Waals surface area contributed by atoms with Crippen molar-refractivity contribution in [2.45, 2.75) is 25.5 Å². The topological polar surface area (TPSA) is 80.7 Å². The average Bonchev–Trinajstić information content (AvgIpc) is 2.87. The van der Waals surface area contributed by atoms with Gasteiger partial charge in [-0.25, -0.2) is 5.84 Å². The number of hydrazine groups is 1. The Morgan fingerprint density at radius 1 is 1.61 bits per heavy atom. The van der Waals surface area contributed by atoms with Crippen LogP contribution in [0.2, 0.25) is 0 Å². The highest BCUT2D eigenvalue weighted by Gasteiger charge is 2.20. The van der Waals surface area contributed by atoms with E-state index >= 15 is 0 Å². The van der Waals surface area contributed by atoms with Crippen LogP contribution in [-0.4, -0.2) is 37.1 Å². The van der Waals surface area contributed by atoms with Crippen molar-refractivity contribution < 1.29 is 13.9 Å². The molecule has 1 aliphatic rings. The Balaban J connectivity index is 1.86. The van der Waals surface area contributed by atoms with E-state index in [1.807, 2.05) is 0 Å². The van der Waals surface area contributed by atoms with E-state index < -0.39 is 0 Å². The number of nitrogens with two attached hydrogens (primary N) is 1. The van der Waals surface area contributed by atoms with Gasteiger partial charge in [-0.15, -0.1) is 0 Å². The van der Waals surface area contributed by atoms with Crippen LogP contribution in [0.4, 0.5) is 0 Å². The van der Waals surface area contributed by atoms with Crippen molar-refractivity contribution in [3.05, 3.63) is 23.7 Å². The fourth-order valence-corrected chi connectivity index (χ4v) is 2.19. The number of hydrogen-bond acceptors (Lipinski definition) is 5. The number of furan rings is 1. The fourth-order valence-electron chi connectivity index (χ4n) is 2.19. The largest absolute Gasteiger partial charge is 0.467 e. The monoisotopic (exact) mass is 253 g/mol. The summed E-state index contributed by atoms with van der Waals surface area (Å²) in [6.45, 7) is 2.68. The zero-order valence-electron chi connectivity index (χ0n) is 10.5. The van der Waals surface area contributed by atoms with Gasteiger partial charge >= 0.3 is 0 Å². The molecular weight excluding hydrogens is 234 g/mol. The Labute approximate surface area is 106 Å². The number of amides is 1. The molecule has 1 aromatic rings. The molecule has 18 heavy (non-hydrogen) atoms. The van der Waals surface area contributed by atoms with Gasteiger partial charge in [-0.1, -0.05) is 0 Å². The number of piperidine rings is 1. The van der Waals surface area contributed by atoms with Gasteiger partial charge in [0.15, 0.2) is 0 Å². The highest BCUT2D eigenvalue weighted by atomic mass is 16.5. The molecular formula is C12H19N3O3. The van der Waals surface area contributed by atoms with E-state index in [2.05, 4.69) is 10.3 Å². The van der Waals surface area contributed by atoms with Crippen LogP contribution in [0.3, 0.4) is 0 Å². The Hall–Kier alpha value is -1.37. The summed E-state index contributed by atoms with van der Waals surface area (Å²) in [4.78, 5) is 13.6. The van der Waals surface area contributed by atoms with Crippen LogP contribution >= 0.6 is 0 Å². The molecule has 0 saturated carbocycles. The number of carbonyl (C=O) groups excluding carboxylic acids is 1. The first kappa shape index (κ1) is 13.1. The Bertz CT molecular complexity index is 397. The van der Waals surface area contributed by atoms with Gasteiger partial charge in [0.05, 0.1) is 18.2 Å². The first-order chi connectivity index (χ1) is 8.72. The zero-order chi connectivity index (χ0) is 13.0. The van der Waals surface area contributed by atoms with Crippen molar-refractivity contribution in [1.29, 1.82) is 0 Å².